The number of nitrogens with zero attached hydrogens (tertiary/aromatic N) is 3. The molecule has 1 unspecified atom stereocenters. The molecule has 0 saturated heterocycles. The van der Waals surface area contributed by atoms with E-state index in [1.54, 1.807) is 36.5 Å². The third kappa shape index (κ3) is 2.72. The molecule has 0 aliphatic carbocycles. The van der Waals surface area contributed by atoms with E-state index in [9.17, 15) is 14.3 Å². The predicted octanol–water partition coefficient (Wildman–Crippen LogP) is 3.95. The van der Waals surface area contributed by atoms with Crippen LogP contribution >= 0.6 is 0 Å². The lowest BCUT2D eigenvalue weighted by atomic mass is 10.00. The lowest BCUT2D eigenvalue weighted by molar-refractivity contribution is -0.384. The fourth-order valence-corrected chi connectivity index (χ4v) is 4.09. The Morgan fingerprint density at radius 1 is 1.08 bits per heavy atom. The van der Waals surface area contributed by atoms with Crippen LogP contribution in [0.15, 0.2) is 75.7 Å². The van der Waals surface area contributed by atoms with Crippen LogP contribution < -0.4 is 0 Å². The van der Waals surface area contributed by atoms with Crippen LogP contribution in [0.4, 0.5) is 11.4 Å². The second kappa shape index (κ2) is 6.27. The first kappa shape index (κ1) is 16.3. The van der Waals surface area contributed by atoms with Gasteiger partial charge in [-0.15, -0.1) is 0 Å². The Labute approximate surface area is 151 Å². The zero-order chi connectivity index (χ0) is 18.3. The van der Waals surface area contributed by atoms with Gasteiger partial charge in [0.25, 0.3) is 5.69 Å². The first-order valence-electron chi connectivity index (χ1n) is 7.86. The van der Waals surface area contributed by atoms with Crippen molar-refractivity contribution >= 4 is 27.9 Å². The van der Waals surface area contributed by atoms with Crippen molar-refractivity contribution in [3.8, 4) is 0 Å². The van der Waals surface area contributed by atoms with E-state index in [1.807, 2.05) is 19.1 Å². The van der Waals surface area contributed by atoms with E-state index in [4.69, 9.17) is 0 Å². The number of non-ortho nitro benzene ring substituents is 1. The summed E-state index contributed by atoms with van der Waals surface area (Å²) in [5.41, 5.74) is 3.31. The summed E-state index contributed by atoms with van der Waals surface area (Å²) >= 11 is 0. The summed E-state index contributed by atoms with van der Waals surface area (Å²) in [5, 5.41) is 11.5. The van der Waals surface area contributed by atoms with Crippen LogP contribution in [-0.4, -0.2) is 19.8 Å². The highest BCUT2D eigenvalue weighted by molar-refractivity contribution is 7.85. The Hall–Kier alpha value is -3.19. The summed E-state index contributed by atoms with van der Waals surface area (Å²) in [6.45, 7) is 1.94. The van der Waals surface area contributed by atoms with Gasteiger partial charge in [-0.2, -0.15) is 0 Å². The molecule has 0 saturated carbocycles. The molecule has 1 aliphatic rings. The van der Waals surface area contributed by atoms with Gasteiger partial charge in [0.05, 0.1) is 21.2 Å². The predicted molar refractivity (Wildman–Crippen MR) is 98.5 cm³/mol. The molecule has 26 heavy (non-hydrogen) atoms. The summed E-state index contributed by atoms with van der Waals surface area (Å²) in [4.78, 5) is 20.2. The minimum Gasteiger partial charge on any atom is -0.258 e. The third-order valence-electron chi connectivity index (χ3n) is 4.08. The fraction of sp³-hybridized carbons (Fsp3) is 0.0526. The molecule has 1 aromatic heterocycles. The van der Waals surface area contributed by atoms with Crippen molar-refractivity contribution in [1.82, 2.24) is 4.98 Å². The Morgan fingerprint density at radius 2 is 1.92 bits per heavy atom. The number of aromatic nitrogens is 1. The van der Waals surface area contributed by atoms with Gasteiger partial charge in [0.1, 0.15) is 10.8 Å². The van der Waals surface area contributed by atoms with Crippen LogP contribution in [0, 0.1) is 17.0 Å². The number of aliphatic imine (C=N–C) groups is 1. The molecule has 7 heteroatoms. The van der Waals surface area contributed by atoms with Crippen molar-refractivity contribution in [1.29, 1.82) is 0 Å². The van der Waals surface area contributed by atoms with E-state index in [0.29, 0.717) is 32.4 Å². The smallest absolute Gasteiger partial charge is 0.258 e. The molecule has 1 aliphatic heterocycles. The molecular weight excluding hydrogens is 350 g/mol. The van der Waals surface area contributed by atoms with Gasteiger partial charge in [-0.25, -0.2) is 14.2 Å². The molecule has 0 fully saturated rings. The van der Waals surface area contributed by atoms with Crippen LogP contribution in [0.2, 0.25) is 0 Å². The summed E-state index contributed by atoms with van der Waals surface area (Å²) in [7, 11) is -1.48. The Balaban J connectivity index is 2.04. The Morgan fingerprint density at radius 3 is 2.73 bits per heavy atom. The van der Waals surface area contributed by atoms with Crippen molar-refractivity contribution in [3.63, 3.8) is 0 Å². The average Bonchev–Trinajstić information content (AvgIpc) is 2.77. The normalized spacial score (nSPS) is 15.4. The van der Waals surface area contributed by atoms with Gasteiger partial charge >= 0.3 is 0 Å². The summed E-state index contributed by atoms with van der Waals surface area (Å²) < 4.78 is 13.1. The summed E-state index contributed by atoms with van der Waals surface area (Å²) in [5.74, 6) is 0. The van der Waals surface area contributed by atoms with Crippen LogP contribution in [0.5, 0.6) is 0 Å². The van der Waals surface area contributed by atoms with Crippen molar-refractivity contribution in [2.45, 2.75) is 16.8 Å². The van der Waals surface area contributed by atoms with Crippen molar-refractivity contribution in [2.75, 3.05) is 0 Å². The number of aryl methyl sites for hydroxylation is 1. The molecule has 0 N–H and O–H groups in total. The van der Waals surface area contributed by atoms with E-state index in [1.165, 1.54) is 12.1 Å². The van der Waals surface area contributed by atoms with Gasteiger partial charge in [-0.05, 0) is 31.2 Å². The zero-order valence-electron chi connectivity index (χ0n) is 13.7. The Kier molecular flexibility index (Phi) is 3.93. The highest BCUT2D eigenvalue weighted by Gasteiger charge is 2.25. The minimum absolute atomic E-state index is 0.0174. The zero-order valence-corrected chi connectivity index (χ0v) is 14.6. The lowest BCUT2D eigenvalue weighted by Crippen LogP contribution is -2.07. The van der Waals surface area contributed by atoms with Gasteiger partial charge in [0, 0.05) is 29.5 Å². The van der Waals surface area contributed by atoms with Crippen LogP contribution in [0.3, 0.4) is 0 Å². The molecule has 4 rings (SSSR count). The van der Waals surface area contributed by atoms with Crippen LogP contribution in [0.1, 0.15) is 16.7 Å². The van der Waals surface area contributed by atoms with Crippen molar-refractivity contribution in [3.05, 3.63) is 87.6 Å². The number of hydrogen-bond acceptors (Lipinski definition) is 5. The maximum absolute atomic E-state index is 13.1. The maximum atomic E-state index is 13.1. The largest absolute Gasteiger partial charge is 0.270 e. The highest BCUT2D eigenvalue weighted by atomic mass is 32.2. The van der Waals surface area contributed by atoms with Crippen LogP contribution in [0.25, 0.3) is 0 Å². The average molecular weight is 363 g/mol. The first-order chi connectivity index (χ1) is 12.5. The van der Waals surface area contributed by atoms with E-state index in [0.717, 1.165) is 5.56 Å². The number of hydrogen-bond donors (Lipinski definition) is 0. The molecule has 2 aromatic carbocycles. The van der Waals surface area contributed by atoms with Crippen LogP contribution in [-0.2, 0) is 10.8 Å². The second-order valence-corrected chi connectivity index (χ2v) is 7.23. The first-order valence-corrected chi connectivity index (χ1v) is 9.01. The fourth-order valence-electron chi connectivity index (χ4n) is 2.87. The Bertz CT molecular complexity index is 1110. The molecule has 0 radical (unpaired) electrons. The van der Waals surface area contributed by atoms with E-state index in [2.05, 4.69) is 9.98 Å². The molecular formula is C19H13N3O3S. The molecule has 1 atom stereocenters. The third-order valence-corrected chi connectivity index (χ3v) is 5.50. The van der Waals surface area contributed by atoms with Gasteiger partial charge in [-0.1, -0.05) is 23.8 Å². The molecule has 3 aromatic rings. The minimum atomic E-state index is -1.48. The quantitative estimate of drug-likeness (QED) is 0.399. The molecule has 2 heterocycles. The van der Waals surface area contributed by atoms with E-state index in [-0.39, 0.29) is 5.69 Å². The van der Waals surface area contributed by atoms with E-state index >= 15 is 0 Å². The standard InChI is InChI=1S/C19H13N3O3S/c1-12-7-8-17-15(10-12)18(13-4-2-5-14(11-13)22(23)24)21-16-6-3-9-20-19(16)26(17)25/h2-11H,1H3. The maximum Gasteiger partial charge on any atom is 0.270 e. The van der Waals surface area contributed by atoms with Gasteiger partial charge in [0.2, 0.25) is 0 Å². The topological polar surface area (TPSA) is 85.5 Å². The molecule has 0 spiro atoms. The number of benzene rings is 2. The lowest BCUT2D eigenvalue weighted by Gasteiger charge is -2.10. The number of pyridine rings is 1. The number of nitro groups is 1. The van der Waals surface area contributed by atoms with Gasteiger partial charge in [0.15, 0.2) is 5.03 Å². The SMILES string of the molecule is Cc1ccc2c(c1)C(c1cccc([N+](=O)[O-])c1)=Nc1cccnc1S2=O. The number of nitro benzene ring substituents is 1. The summed E-state index contributed by atoms with van der Waals surface area (Å²) in [6, 6.07) is 15.4. The molecule has 6 nitrogen and oxygen atoms in total. The number of fused-ring (bicyclic) bond motifs is 2. The molecule has 128 valence electrons. The monoisotopic (exact) mass is 363 g/mol. The van der Waals surface area contributed by atoms with Gasteiger partial charge < -0.3 is 0 Å². The summed E-state index contributed by atoms with van der Waals surface area (Å²) in [6.07, 6.45) is 1.58. The van der Waals surface area contributed by atoms with Crippen molar-refractivity contribution < 1.29 is 9.13 Å². The molecule has 0 bridgehead atoms. The van der Waals surface area contributed by atoms with Crippen molar-refractivity contribution in [2.24, 2.45) is 4.99 Å². The van der Waals surface area contributed by atoms with E-state index < -0.39 is 15.7 Å². The highest BCUT2D eigenvalue weighted by Crippen LogP contribution is 2.33. The number of rotatable bonds is 2. The van der Waals surface area contributed by atoms with Gasteiger partial charge in [-0.3, -0.25) is 10.1 Å². The molecule has 0 amide bonds. The second-order valence-electron chi connectivity index (χ2n) is 5.86.